The van der Waals surface area contributed by atoms with Gasteiger partial charge in [0.25, 0.3) is 0 Å². The summed E-state index contributed by atoms with van der Waals surface area (Å²) in [5, 5.41) is 0. The van der Waals surface area contributed by atoms with Crippen molar-refractivity contribution in [2.24, 2.45) is 0 Å². The third-order valence-corrected chi connectivity index (χ3v) is 1.37. The van der Waals surface area contributed by atoms with E-state index < -0.39 is 11.8 Å². The lowest BCUT2D eigenvalue weighted by atomic mass is 10.3. The van der Waals surface area contributed by atoms with Crippen molar-refractivity contribution in [1.29, 1.82) is 0 Å². The van der Waals surface area contributed by atoms with Crippen molar-refractivity contribution in [3.05, 3.63) is 24.2 Å². The molecule has 0 aliphatic carbocycles. The van der Waals surface area contributed by atoms with Gasteiger partial charge in [-0.15, -0.1) is 0 Å². The van der Waals surface area contributed by atoms with Gasteiger partial charge in [0.15, 0.2) is 5.76 Å². The molecule has 0 spiro atoms. The van der Waals surface area contributed by atoms with E-state index >= 15 is 0 Å². The molecule has 1 heterocycles. The van der Waals surface area contributed by atoms with Crippen LogP contribution in [0.25, 0.3) is 0 Å². The Morgan fingerprint density at radius 3 is 2.85 bits per heavy atom. The first-order valence-corrected chi connectivity index (χ1v) is 4.00. The second kappa shape index (κ2) is 4.45. The minimum atomic E-state index is -0.864. The molecule has 0 saturated heterocycles. The van der Waals surface area contributed by atoms with Crippen LogP contribution in [0.15, 0.2) is 22.8 Å². The second-order valence-electron chi connectivity index (χ2n) is 2.44. The predicted octanol–water partition coefficient (Wildman–Crippen LogP) is 1.42. The Labute approximate surface area is 75.5 Å². The SMILES string of the molecule is CCCOC(=O)C(=O)c1ccco1. The van der Waals surface area contributed by atoms with Gasteiger partial charge in [-0.1, -0.05) is 6.92 Å². The van der Waals surface area contributed by atoms with Gasteiger partial charge in [0.1, 0.15) is 0 Å². The van der Waals surface area contributed by atoms with Gasteiger partial charge in [0, 0.05) is 0 Å². The lowest BCUT2D eigenvalue weighted by Crippen LogP contribution is -2.17. The highest BCUT2D eigenvalue weighted by molar-refractivity contribution is 6.39. The van der Waals surface area contributed by atoms with Crippen molar-refractivity contribution in [2.75, 3.05) is 6.61 Å². The fourth-order valence-corrected chi connectivity index (χ4v) is 0.769. The average molecular weight is 182 g/mol. The van der Waals surface area contributed by atoms with E-state index in [1.54, 1.807) is 6.07 Å². The molecule has 0 aliphatic heterocycles. The summed E-state index contributed by atoms with van der Waals surface area (Å²) in [6.07, 6.45) is 2.03. The van der Waals surface area contributed by atoms with Gasteiger partial charge in [0.05, 0.1) is 12.9 Å². The van der Waals surface area contributed by atoms with Crippen molar-refractivity contribution in [2.45, 2.75) is 13.3 Å². The van der Waals surface area contributed by atoms with Gasteiger partial charge in [-0.2, -0.15) is 0 Å². The van der Waals surface area contributed by atoms with Crippen LogP contribution >= 0.6 is 0 Å². The van der Waals surface area contributed by atoms with Crippen LogP contribution in [-0.4, -0.2) is 18.4 Å². The largest absolute Gasteiger partial charge is 0.461 e. The van der Waals surface area contributed by atoms with Gasteiger partial charge < -0.3 is 9.15 Å². The van der Waals surface area contributed by atoms with Crippen LogP contribution in [0.2, 0.25) is 0 Å². The number of furan rings is 1. The Morgan fingerprint density at radius 1 is 1.54 bits per heavy atom. The molecular weight excluding hydrogens is 172 g/mol. The van der Waals surface area contributed by atoms with E-state index in [9.17, 15) is 9.59 Å². The maximum atomic E-state index is 11.1. The minimum absolute atomic E-state index is 0.0149. The number of Topliss-reactive ketones (excluding diaryl/α,β-unsaturated/α-hetero) is 1. The number of ketones is 1. The fourth-order valence-electron chi connectivity index (χ4n) is 0.769. The molecule has 0 fully saturated rings. The molecule has 1 aromatic heterocycles. The third-order valence-electron chi connectivity index (χ3n) is 1.37. The van der Waals surface area contributed by atoms with Crippen LogP contribution in [0.3, 0.4) is 0 Å². The summed E-state index contributed by atoms with van der Waals surface area (Å²) in [4.78, 5) is 22.1. The molecule has 0 radical (unpaired) electrons. The van der Waals surface area contributed by atoms with Crippen molar-refractivity contribution in [1.82, 2.24) is 0 Å². The molecule has 0 aliphatic rings. The first-order valence-electron chi connectivity index (χ1n) is 4.00. The summed E-state index contributed by atoms with van der Waals surface area (Å²) < 4.78 is 9.37. The van der Waals surface area contributed by atoms with Crippen LogP contribution < -0.4 is 0 Å². The Hall–Kier alpha value is -1.58. The highest BCUT2D eigenvalue weighted by Crippen LogP contribution is 2.02. The number of carbonyl (C=O) groups excluding carboxylic acids is 2. The molecular formula is C9H10O4. The Morgan fingerprint density at radius 2 is 2.31 bits per heavy atom. The maximum Gasteiger partial charge on any atom is 0.383 e. The summed E-state index contributed by atoms with van der Waals surface area (Å²) in [6.45, 7) is 2.11. The third kappa shape index (κ3) is 2.43. The van der Waals surface area contributed by atoms with Gasteiger partial charge in [0.2, 0.25) is 0 Å². The van der Waals surface area contributed by atoms with E-state index in [2.05, 4.69) is 4.74 Å². The summed E-state index contributed by atoms with van der Waals surface area (Å²) in [6, 6.07) is 2.97. The Kier molecular flexibility index (Phi) is 3.25. The smallest absolute Gasteiger partial charge is 0.383 e. The Balaban J connectivity index is 2.53. The normalized spacial score (nSPS) is 9.62. The van der Waals surface area contributed by atoms with Crippen molar-refractivity contribution >= 4 is 11.8 Å². The number of hydrogen-bond donors (Lipinski definition) is 0. The van der Waals surface area contributed by atoms with Crippen LogP contribution in [0.5, 0.6) is 0 Å². The number of ether oxygens (including phenoxy) is 1. The average Bonchev–Trinajstić information content (AvgIpc) is 2.65. The summed E-state index contributed by atoms with van der Waals surface area (Å²) in [5.41, 5.74) is 0. The molecule has 1 aromatic rings. The first kappa shape index (κ1) is 9.51. The van der Waals surface area contributed by atoms with E-state index in [0.717, 1.165) is 0 Å². The van der Waals surface area contributed by atoms with E-state index in [1.807, 2.05) is 6.92 Å². The molecule has 70 valence electrons. The van der Waals surface area contributed by atoms with Gasteiger partial charge >= 0.3 is 11.8 Å². The molecule has 4 nitrogen and oxygen atoms in total. The molecule has 0 unspecified atom stereocenters. The van der Waals surface area contributed by atoms with Crippen LogP contribution in [0.1, 0.15) is 23.9 Å². The zero-order valence-electron chi connectivity index (χ0n) is 7.28. The summed E-state index contributed by atoms with van der Waals surface area (Å²) >= 11 is 0. The van der Waals surface area contributed by atoms with Crippen LogP contribution in [-0.2, 0) is 9.53 Å². The molecule has 4 heteroatoms. The highest BCUT2D eigenvalue weighted by Gasteiger charge is 2.19. The van der Waals surface area contributed by atoms with Crippen molar-refractivity contribution in [3.63, 3.8) is 0 Å². The van der Waals surface area contributed by atoms with Gasteiger partial charge in [-0.05, 0) is 18.6 Å². The number of rotatable bonds is 4. The molecule has 1 rings (SSSR count). The van der Waals surface area contributed by atoms with E-state index in [-0.39, 0.29) is 12.4 Å². The van der Waals surface area contributed by atoms with Crippen molar-refractivity contribution in [3.8, 4) is 0 Å². The van der Waals surface area contributed by atoms with E-state index in [4.69, 9.17) is 4.42 Å². The second-order valence-corrected chi connectivity index (χ2v) is 2.44. The number of esters is 1. The molecule has 0 amide bonds. The quantitative estimate of drug-likeness (QED) is 0.401. The monoisotopic (exact) mass is 182 g/mol. The first-order chi connectivity index (χ1) is 6.25. The molecule has 0 atom stereocenters. The fraction of sp³-hybridized carbons (Fsp3) is 0.333. The highest BCUT2D eigenvalue weighted by atomic mass is 16.5. The van der Waals surface area contributed by atoms with Crippen LogP contribution in [0, 0.1) is 0 Å². The molecule has 0 aromatic carbocycles. The standard InChI is InChI=1S/C9H10O4/c1-2-5-13-9(11)8(10)7-4-3-6-12-7/h3-4,6H,2,5H2,1H3. The zero-order valence-corrected chi connectivity index (χ0v) is 7.28. The lowest BCUT2D eigenvalue weighted by Gasteiger charge is -1.98. The van der Waals surface area contributed by atoms with Gasteiger partial charge in [-0.25, -0.2) is 4.79 Å². The number of carbonyl (C=O) groups is 2. The summed E-state index contributed by atoms with van der Waals surface area (Å²) in [5.74, 6) is -1.59. The molecule has 13 heavy (non-hydrogen) atoms. The Bertz CT molecular complexity index is 287. The topological polar surface area (TPSA) is 56.5 Å². The van der Waals surface area contributed by atoms with Crippen LogP contribution in [0.4, 0.5) is 0 Å². The molecule has 0 saturated carbocycles. The minimum Gasteiger partial charge on any atom is -0.461 e. The zero-order chi connectivity index (χ0) is 9.68. The van der Waals surface area contributed by atoms with E-state index in [0.29, 0.717) is 6.42 Å². The summed E-state index contributed by atoms with van der Waals surface area (Å²) in [7, 11) is 0. The number of hydrogen-bond acceptors (Lipinski definition) is 4. The maximum absolute atomic E-state index is 11.1. The van der Waals surface area contributed by atoms with E-state index in [1.165, 1.54) is 12.3 Å². The molecule has 0 bridgehead atoms. The molecule has 0 N–H and O–H groups in total. The van der Waals surface area contributed by atoms with Crippen molar-refractivity contribution < 1.29 is 18.7 Å². The predicted molar refractivity (Wildman–Crippen MR) is 44.3 cm³/mol. The lowest BCUT2D eigenvalue weighted by molar-refractivity contribution is -0.138. The van der Waals surface area contributed by atoms with Gasteiger partial charge in [-0.3, -0.25) is 4.79 Å².